The molecule has 0 spiro atoms. The number of carboxylic acids is 1. The fraction of sp³-hybridized carbons (Fsp3) is 0.667. The highest BCUT2D eigenvalue weighted by Crippen LogP contribution is 2.44. The van der Waals surface area contributed by atoms with Crippen LogP contribution in [0.25, 0.3) is 0 Å². The van der Waals surface area contributed by atoms with Crippen LogP contribution in [-0.4, -0.2) is 89.7 Å². The minimum absolute atomic E-state index is 0.0620. The van der Waals surface area contributed by atoms with Gasteiger partial charge in [-0.2, -0.15) is 0 Å². The van der Waals surface area contributed by atoms with Crippen LogP contribution < -0.4 is 0 Å². The highest BCUT2D eigenvalue weighted by atomic mass is 32.2. The van der Waals surface area contributed by atoms with E-state index in [1.807, 2.05) is 38.7 Å². The quantitative estimate of drug-likeness (QED) is 0.350. The number of carbonyl (C=O) groups is 1. The van der Waals surface area contributed by atoms with Gasteiger partial charge in [0.25, 0.3) is 0 Å². The lowest BCUT2D eigenvalue weighted by Gasteiger charge is -2.38. The highest BCUT2D eigenvalue weighted by molar-refractivity contribution is 8.15. The second kappa shape index (κ2) is 11.5. The third kappa shape index (κ3) is 5.73. The second-order valence-electron chi connectivity index (χ2n) is 11.0. The van der Waals surface area contributed by atoms with E-state index in [9.17, 15) is 20.1 Å². The number of hydrogen-bond acceptors (Lipinski definition) is 9. The molecular weight excluding hydrogens is 527 g/mol. The Morgan fingerprint density at radius 3 is 2.70 bits per heavy atom. The minimum Gasteiger partial charge on any atom is -0.507 e. The number of rotatable bonds is 10. The average molecular weight is 566 g/mol. The number of likely N-dealkylation sites (N-methyl/N-ethyl adjacent to an activating group) is 1. The fourth-order valence-electron chi connectivity index (χ4n) is 5.14. The van der Waals surface area contributed by atoms with E-state index in [2.05, 4.69) is 22.9 Å². The summed E-state index contributed by atoms with van der Waals surface area (Å²) in [6.07, 6.45) is 3.66. The first kappa shape index (κ1) is 28.8. The van der Waals surface area contributed by atoms with Crippen LogP contribution in [0.3, 0.4) is 0 Å². The molecule has 0 amide bonds. The molecule has 10 heteroatoms. The number of aliphatic imine (C=N–C) groups is 2. The van der Waals surface area contributed by atoms with Gasteiger partial charge >= 0.3 is 5.97 Å². The average Bonchev–Trinajstić information content (AvgIpc) is 3.58. The summed E-state index contributed by atoms with van der Waals surface area (Å²) >= 11 is 4.96. The predicted molar refractivity (Wildman–Crippen MR) is 158 cm³/mol. The molecular formula is C27H39N3O4S3. The van der Waals surface area contributed by atoms with E-state index in [1.165, 1.54) is 18.2 Å². The Bertz CT molecular complexity index is 1080. The summed E-state index contributed by atoms with van der Waals surface area (Å²) in [7, 11) is 2.05. The number of aliphatic hydroxyl groups is 1. The third-order valence-electron chi connectivity index (χ3n) is 7.71. The smallest absolute Gasteiger partial charge is 0.332 e. The van der Waals surface area contributed by atoms with Crippen molar-refractivity contribution in [2.75, 3.05) is 24.3 Å². The number of hydrogen-bond donors (Lipinski definition) is 3. The number of thioether (sulfide) groups is 3. The van der Waals surface area contributed by atoms with Gasteiger partial charge in [-0.05, 0) is 38.4 Å². The van der Waals surface area contributed by atoms with E-state index in [-0.39, 0.29) is 17.5 Å². The van der Waals surface area contributed by atoms with Gasteiger partial charge in [0.05, 0.1) is 28.1 Å². The number of benzene rings is 1. The SMILES string of the molecule is CCCCCc1cccc(O)c1C1=N[C@@H]([C@@H]2SC[C@@H]([C@@H](O)C(C)(C)C3=N[C@@](C)(C(=O)O)CS3)N2C)CS1. The van der Waals surface area contributed by atoms with Crippen molar-refractivity contribution in [2.24, 2.45) is 15.4 Å². The molecule has 0 aromatic heterocycles. The molecule has 3 N–H and O–H groups in total. The van der Waals surface area contributed by atoms with Crippen molar-refractivity contribution in [1.82, 2.24) is 4.90 Å². The van der Waals surface area contributed by atoms with Crippen molar-refractivity contribution in [3.63, 3.8) is 0 Å². The Morgan fingerprint density at radius 2 is 2.03 bits per heavy atom. The molecule has 204 valence electrons. The van der Waals surface area contributed by atoms with Crippen LogP contribution in [0.5, 0.6) is 5.75 Å². The summed E-state index contributed by atoms with van der Waals surface area (Å²) in [6, 6.07) is 5.73. The second-order valence-corrected chi connectivity index (χ2v) is 14.1. The van der Waals surface area contributed by atoms with Crippen molar-refractivity contribution < 1.29 is 20.1 Å². The monoisotopic (exact) mass is 565 g/mol. The summed E-state index contributed by atoms with van der Waals surface area (Å²) in [5.74, 6) is 1.36. The van der Waals surface area contributed by atoms with Crippen molar-refractivity contribution in [3.05, 3.63) is 29.3 Å². The third-order valence-corrected chi connectivity index (χ3v) is 11.9. The Balaban J connectivity index is 1.48. The zero-order valence-electron chi connectivity index (χ0n) is 22.3. The lowest BCUT2D eigenvalue weighted by molar-refractivity contribution is -0.141. The summed E-state index contributed by atoms with van der Waals surface area (Å²) in [4.78, 5) is 23.5. The lowest BCUT2D eigenvalue weighted by atomic mass is 9.83. The fourth-order valence-corrected chi connectivity index (χ4v) is 9.39. The topological polar surface area (TPSA) is 106 Å². The van der Waals surface area contributed by atoms with Crippen LogP contribution >= 0.6 is 35.3 Å². The molecule has 4 rings (SSSR count). The van der Waals surface area contributed by atoms with E-state index < -0.39 is 23.0 Å². The molecule has 5 atom stereocenters. The van der Waals surface area contributed by atoms with Gasteiger partial charge in [-0.25, -0.2) is 4.79 Å². The molecule has 0 unspecified atom stereocenters. The number of aryl methyl sites for hydroxylation is 1. The number of nitrogens with zero attached hydrogens (tertiary/aromatic N) is 3. The van der Waals surface area contributed by atoms with E-state index in [0.717, 1.165) is 46.9 Å². The van der Waals surface area contributed by atoms with Crippen LogP contribution in [0.1, 0.15) is 58.1 Å². The summed E-state index contributed by atoms with van der Waals surface area (Å²) in [6.45, 7) is 7.75. The first-order valence-electron chi connectivity index (χ1n) is 13.0. The molecule has 3 aliphatic rings. The number of carboxylic acid groups (broad SMARTS) is 1. The van der Waals surface area contributed by atoms with Crippen molar-refractivity contribution >= 4 is 51.3 Å². The van der Waals surface area contributed by atoms with Crippen molar-refractivity contribution in [1.29, 1.82) is 0 Å². The van der Waals surface area contributed by atoms with E-state index >= 15 is 0 Å². The maximum Gasteiger partial charge on any atom is 0.332 e. The van der Waals surface area contributed by atoms with Crippen LogP contribution in [-0.2, 0) is 11.2 Å². The first-order chi connectivity index (χ1) is 17.5. The number of unbranched alkanes of at least 4 members (excludes halogenated alkanes) is 2. The number of aliphatic carboxylic acids is 1. The number of phenols is 1. The summed E-state index contributed by atoms with van der Waals surface area (Å²) in [5.41, 5.74) is 0.243. The molecule has 3 aliphatic heterocycles. The van der Waals surface area contributed by atoms with Gasteiger partial charge in [0.2, 0.25) is 0 Å². The maximum absolute atomic E-state index is 11.7. The lowest BCUT2D eigenvalue weighted by Crippen LogP contribution is -2.51. The van der Waals surface area contributed by atoms with E-state index in [0.29, 0.717) is 16.5 Å². The Labute approximate surface area is 233 Å². The van der Waals surface area contributed by atoms with E-state index in [1.54, 1.807) is 24.8 Å². The highest BCUT2D eigenvalue weighted by Gasteiger charge is 2.50. The molecule has 1 fully saturated rings. The molecule has 1 saturated heterocycles. The van der Waals surface area contributed by atoms with Crippen molar-refractivity contribution in [2.45, 2.75) is 82.5 Å². The number of aromatic hydroxyl groups is 1. The van der Waals surface area contributed by atoms with Gasteiger partial charge in [0.15, 0.2) is 5.54 Å². The Hall–Kier alpha value is -1.20. The Morgan fingerprint density at radius 1 is 1.27 bits per heavy atom. The van der Waals surface area contributed by atoms with Gasteiger partial charge in [-0.15, -0.1) is 35.3 Å². The van der Waals surface area contributed by atoms with Gasteiger partial charge in [0, 0.05) is 28.7 Å². The molecule has 7 nitrogen and oxygen atoms in total. The first-order valence-corrected chi connectivity index (χ1v) is 16.0. The molecule has 3 heterocycles. The van der Waals surface area contributed by atoms with E-state index in [4.69, 9.17) is 4.99 Å². The van der Waals surface area contributed by atoms with Crippen LogP contribution in [0.4, 0.5) is 0 Å². The van der Waals surface area contributed by atoms with Crippen molar-refractivity contribution in [3.8, 4) is 5.75 Å². The molecule has 0 radical (unpaired) electrons. The number of aliphatic hydroxyl groups excluding tert-OH is 1. The Kier molecular flexibility index (Phi) is 8.95. The summed E-state index contributed by atoms with van der Waals surface area (Å²) in [5, 5.41) is 33.5. The van der Waals surface area contributed by atoms with Crippen LogP contribution in [0.2, 0.25) is 0 Å². The van der Waals surface area contributed by atoms with Crippen LogP contribution in [0, 0.1) is 5.41 Å². The molecule has 1 aromatic carbocycles. The molecule has 0 bridgehead atoms. The standard InChI is InChI=1S/C27H39N3O4S3/c1-6-7-8-10-16-11-9-12-19(31)20(16)22-28-17(13-35-22)23-30(5)18(14-36-23)21(32)26(2,3)24-29-27(4,15-37-24)25(33)34/h9,11-12,17-18,21,23,31-32H,6-8,10,13-15H2,1-5H3,(H,33,34)/t17-,18+,21-,23+,27-/m1/s1. The molecule has 1 aromatic rings. The molecule has 0 aliphatic carbocycles. The van der Waals surface area contributed by atoms with Gasteiger partial charge in [-0.3, -0.25) is 14.9 Å². The molecule has 0 saturated carbocycles. The zero-order valence-corrected chi connectivity index (χ0v) is 24.8. The zero-order chi connectivity index (χ0) is 27.0. The molecule has 37 heavy (non-hydrogen) atoms. The van der Waals surface area contributed by atoms with Gasteiger partial charge in [0.1, 0.15) is 10.8 Å². The summed E-state index contributed by atoms with van der Waals surface area (Å²) < 4.78 is 0. The van der Waals surface area contributed by atoms with Gasteiger partial charge in [-0.1, -0.05) is 45.7 Å². The predicted octanol–water partition coefficient (Wildman–Crippen LogP) is 4.74. The minimum atomic E-state index is -1.14. The number of phenolic OH excluding ortho intramolecular Hbond substituents is 1. The largest absolute Gasteiger partial charge is 0.507 e. The van der Waals surface area contributed by atoms with Crippen LogP contribution in [0.15, 0.2) is 28.2 Å². The maximum atomic E-state index is 11.7. The van der Waals surface area contributed by atoms with Gasteiger partial charge < -0.3 is 15.3 Å². The normalized spacial score (nSPS) is 29.4.